The average Bonchev–Trinajstić information content (AvgIpc) is 3.60. The fourth-order valence-electron chi connectivity index (χ4n) is 14.1. The molecule has 230 valence electrons. The molecule has 14 unspecified atom stereocenters. The summed E-state index contributed by atoms with van der Waals surface area (Å²) in [7, 11) is 0. The van der Waals surface area contributed by atoms with Crippen molar-refractivity contribution in [1.82, 2.24) is 4.90 Å². The molecule has 14 atom stereocenters. The third kappa shape index (κ3) is 4.76. The molecule has 0 aromatic carbocycles. The van der Waals surface area contributed by atoms with Crippen molar-refractivity contribution in [3.8, 4) is 0 Å². The number of nitrogens with zero attached hydrogens (tertiary/aromatic N) is 1. The van der Waals surface area contributed by atoms with Crippen LogP contribution in [0.25, 0.3) is 0 Å². The first-order valence-electron chi connectivity index (χ1n) is 19.4. The van der Waals surface area contributed by atoms with Gasteiger partial charge in [-0.15, -0.1) is 0 Å². The summed E-state index contributed by atoms with van der Waals surface area (Å²) >= 11 is 2.59. The van der Waals surface area contributed by atoms with Crippen LogP contribution in [0.1, 0.15) is 148 Å². The zero-order valence-corrected chi connectivity index (χ0v) is 27.0. The topological polar surface area (TPSA) is 12.5 Å². The van der Waals surface area contributed by atoms with Crippen molar-refractivity contribution in [2.45, 2.75) is 189 Å². The van der Waals surface area contributed by atoms with E-state index in [-0.39, 0.29) is 0 Å². The van der Waals surface area contributed by atoms with Gasteiger partial charge >= 0.3 is 0 Å². The molecule has 0 N–H and O–H groups in total. The molecular formula is C38H61NOS. The minimum Gasteiger partial charge on any atom is -0.374 e. The van der Waals surface area contributed by atoms with E-state index in [9.17, 15) is 0 Å². The van der Waals surface area contributed by atoms with Gasteiger partial charge in [-0.3, -0.25) is 4.90 Å². The first-order valence-corrected chi connectivity index (χ1v) is 20.4. The van der Waals surface area contributed by atoms with Gasteiger partial charge in [-0.25, -0.2) is 0 Å². The Balaban J connectivity index is 0.976. The monoisotopic (exact) mass is 579 g/mol. The van der Waals surface area contributed by atoms with Gasteiger partial charge in [-0.2, -0.15) is 11.8 Å². The van der Waals surface area contributed by atoms with Crippen LogP contribution in [-0.2, 0) is 4.74 Å². The standard InChI is InChI=1S/C38H61NOS/c1-2-10-26(11-3-1)39(27-19-20-29-25(23-27)18-17-24-9-4-5-12-28(24)29)33-15-8-14-30-31-21-22-35-36(38(31)41-37(30)33)32-13-6-7-16-34(32)40-35/h24-38H,1-23H2. The lowest BCUT2D eigenvalue weighted by Gasteiger charge is -2.55. The molecule has 0 spiro atoms. The van der Waals surface area contributed by atoms with Crippen LogP contribution in [0.4, 0.5) is 0 Å². The van der Waals surface area contributed by atoms with Gasteiger partial charge in [0.15, 0.2) is 0 Å². The van der Waals surface area contributed by atoms with Gasteiger partial charge in [-0.1, -0.05) is 57.8 Å². The number of fused-ring (bicyclic) bond motifs is 10. The molecule has 2 nitrogen and oxygen atoms in total. The van der Waals surface area contributed by atoms with Gasteiger partial charge in [0.2, 0.25) is 0 Å². The second-order valence-corrected chi connectivity index (χ2v) is 18.5. The van der Waals surface area contributed by atoms with Crippen LogP contribution >= 0.6 is 11.8 Å². The molecule has 2 heterocycles. The Bertz CT molecular complexity index is 918. The third-order valence-corrected chi connectivity index (χ3v) is 17.5. The van der Waals surface area contributed by atoms with Gasteiger partial charge in [0, 0.05) is 34.5 Å². The Morgan fingerprint density at radius 3 is 2.07 bits per heavy atom. The Morgan fingerprint density at radius 1 is 0.439 bits per heavy atom. The predicted octanol–water partition coefficient (Wildman–Crippen LogP) is 9.64. The highest BCUT2D eigenvalue weighted by Gasteiger charge is 2.60. The minimum absolute atomic E-state index is 0.620. The van der Waals surface area contributed by atoms with Gasteiger partial charge in [-0.05, 0) is 131 Å². The molecular weight excluding hydrogens is 518 g/mol. The van der Waals surface area contributed by atoms with Crippen molar-refractivity contribution in [3.63, 3.8) is 0 Å². The fourth-order valence-corrected chi connectivity index (χ4v) is 16.5. The number of ether oxygens (including phenoxy) is 1. The van der Waals surface area contributed by atoms with E-state index in [1.165, 1.54) is 89.9 Å². The maximum atomic E-state index is 6.86. The van der Waals surface area contributed by atoms with Crippen molar-refractivity contribution >= 4 is 11.8 Å². The first kappa shape index (κ1) is 27.6. The molecule has 7 saturated carbocycles. The molecule has 7 aliphatic carbocycles. The van der Waals surface area contributed by atoms with Crippen LogP contribution < -0.4 is 0 Å². The second-order valence-electron chi connectivity index (χ2n) is 17.1. The lowest BCUT2D eigenvalue weighted by atomic mass is 9.57. The third-order valence-electron chi connectivity index (χ3n) is 15.6. The van der Waals surface area contributed by atoms with Crippen molar-refractivity contribution in [2.24, 2.45) is 47.3 Å². The van der Waals surface area contributed by atoms with Crippen molar-refractivity contribution < 1.29 is 4.74 Å². The summed E-state index contributed by atoms with van der Waals surface area (Å²) in [6.07, 6.45) is 36.2. The molecule has 0 amide bonds. The molecule has 0 bridgehead atoms. The van der Waals surface area contributed by atoms with Gasteiger partial charge < -0.3 is 4.74 Å². The second kappa shape index (κ2) is 11.6. The van der Waals surface area contributed by atoms with Crippen LogP contribution in [0.15, 0.2) is 0 Å². The molecule has 3 heteroatoms. The smallest absolute Gasteiger partial charge is 0.0621 e. The molecule has 2 saturated heterocycles. The van der Waals surface area contributed by atoms with Crippen LogP contribution in [0.3, 0.4) is 0 Å². The quantitative estimate of drug-likeness (QED) is 0.330. The maximum Gasteiger partial charge on any atom is 0.0621 e. The summed E-state index contributed by atoms with van der Waals surface area (Å²) in [5, 5.41) is 1.87. The van der Waals surface area contributed by atoms with Gasteiger partial charge in [0.05, 0.1) is 12.2 Å². The SMILES string of the molecule is C1CCC(N(C2CCC3C(CCC4CCCCC43)C2)C2CCCC3C4CCC5OC6CCCCC6C5C4SC32)CC1. The zero-order valence-electron chi connectivity index (χ0n) is 26.2. The summed E-state index contributed by atoms with van der Waals surface area (Å²) in [6, 6.07) is 2.72. The molecule has 0 aromatic heterocycles. The van der Waals surface area contributed by atoms with Crippen LogP contribution in [0, 0.1) is 47.3 Å². The Hall–Kier alpha value is 0.270. The van der Waals surface area contributed by atoms with E-state index >= 15 is 0 Å². The van der Waals surface area contributed by atoms with Crippen LogP contribution in [-0.4, -0.2) is 45.7 Å². The fraction of sp³-hybridized carbons (Fsp3) is 1.00. The molecule has 9 rings (SSSR count). The zero-order chi connectivity index (χ0) is 26.9. The largest absolute Gasteiger partial charge is 0.374 e. The molecule has 0 radical (unpaired) electrons. The Labute approximate surface area is 256 Å². The van der Waals surface area contributed by atoms with Crippen molar-refractivity contribution in [1.29, 1.82) is 0 Å². The maximum absolute atomic E-state index is 6.86. The summed E-state index contributed by atoms with van der Waals surface area (Å²) in [6.45, 7) is 0. The highest BCUT2D eigenvalue weighted by molar-refractivity contribution is 8.00. The van der Waals surface area contributed by atoms with E-state index in [2.05, 4.69) is 16.7 Å². The molecule has 0 aromatic rings. The normalized spacial score (nSPS) is 53.5. The lowest BCUT2D eigenvalue weighted by molar-refractivity contribution is -0.0422. The van der Waals surface area contributed by atoms with Crippen molar-refractivity contribution in [3.05, 3.63) is 0 Å². The highest BCUT2D eigenvalue weighted by Crippen LogP contribution is 2.62. The minimum atomic E-state index is 0.620. The molecule has 9 fully saturated rings. The average molecular weight is 580 g/mol. The highest BCUT2D eigenvalue weighted by atomic mass is 32.2. The van der Waals surface area contributed by atoms with Gasteiger partial charge in [0.1, 0.15) is 0 Å². The Morgan fingerprint density at radius 2 is 1.15 bits per heavy atom. The van der Waals surface area contributed by atoms with Crippen LogP contribution in [0.2, 0.25) is 0 Å². The number of rotatable bonds is 3. The summed E-state index contributed by atoms with van der Waals surface area (Å²) in [4.78, 5) is 3.37. The van der Waals surface area contributed by atoms with E-state index < -0.39 is 0 Å². The number of hydrogen-bond donors (Lipinski definition) is 0. The Kier molecular flexibility index (Phi) is 7.78. The van der Waals surface area contributed by atoms with Crippen molar-refractivity contribution in [2.75, 3.05) is 0 Å². The lowest BCUT2D eigenvalue weighted by Crippen LogP contribution is -2.58. The summed E-state index contributed by atoms with van der Waals surface area (Å²) < 4.78 is 6.86. The first-order chi connectivity index (χ1) is 20.3. The van der Waals surface area contributed by atoms with E-state index in [4.69, 9.17) is 4.74 Å². The molecule has 2 aliphatic heterocycles. The molecule has 9 aliphatic rings. The van der Waals surface area contributed by atoms with E-state index in [1.807, 2.05) is 0 Å². The summed E-state index contributed by atoms with van der Waals surface area (Å²) in [5.74, 6) is 8.24. The summed E-state index contributed by atoms with van der Waals surface area (Å²) in [5.41, 5.74) is 0. The number of hydrogen-bond acceptors (Lipinski definition) is 3. The van der Waals surface area contributed by atoms with E-state index in [0.717, 1.165) is 76.0 Å². The van der Waals surface area contributed by atoms with Gasteiger partial charge in [0.25, 0.3) is 0 Å². The van der Waals surface area contributed by atoms with E-state index in [0.29, 0.717) is 12.2 Å². The number of thioether (sulfide) groups is 1. The van der Waals surface area contributed by atoms with E-state index in [1.54, 1.807) is 57.8 Å². The predicted molar refractivity (Wildman–Crippen MR) is 171 cm³/mol. The molecule has 41 heavy (non-hydrogen) atoms. The van der Waals surface area contributed by atoms with Crippen LogP contribution in [0.5, 0.6) is 0 Å².